The Morgan fingerprint density at radius 1 is 1.35 bits per heavy atom. The van der Waals surface area contributed by atoms with Gasteiger partial charge in [0, 0.05) is 12.1 Å². The number of halogens is 1. The fourth-order valence-corrected chi connectivity index (χ4v) is 3.80. The van der Waals surface area contributed by atoms with Gasteiger partial charge in [-0.25, -0.2) is 0 Å². The van der Waals surface area contributed by atoms with Crippen LogP contribution in [0.3, 0.4) is 0 Å². The number of fused-ring (bicyclic) bond motifs is 1. The second kappa shape index (κ2) is 5.98. The molecule has 1 amide bonds. The molecule has 1 N–H and O–H groups in total. The van der Waals surface area contributed by atoms with Crippen molar-refractivity contribution < 1.29 is 9.53 Å². The number of hydrogen-bond acceptors (Lipinski definition) is 3. The summed E-state index contributed by atoms with van der Waals surface area (Å²) in [6.07, 6.45) is 3.37. The molecule has 1 aliphatic carbocycles. The number of ether oxygens (including phenoxy) is 1. The molecule has 0 unspecified atom stereocenters. The molecule has 1 saturated carbocycles. The second-order valence-corrected chi connectivity index (χ2v) is 6.46. The van der Waals surface area contributed by atoms with Gasteiger partial charge in [-0.05, 0) is 31.4 Å². The highest BCUT2D eigenvalue weighted by Gasteiger charge is 2.39. The number of nitrogens with one attached hydrogen (secondary N) is 1. The SMILES string of the molecule is O=C(c1cc(-c2ccccc2Cl)n[nH]1)N1CCO[C@H]2CCC[C@H]21. The maximum absolute atomic E-state index is 12.8. The molecule has 2 fully saturated rings. The van der Waals surface area contributed by atoms with E-state index in [9.17, 15) is 4.79 Å². The molecule has 2 aromatic rings. The molecule has 23 heavy (non-hydrogen) atoms. The number of H-pyrrole nitrogens is 1. The summed E-state index contributed by atoms with van der Waals surface area (Å²) in [5.41, 5.74) is 2.02. The molecule has 2 heterocycles. The van der Waals surface area contributed by atoms with Crippen LogP contribution in [0, 0.1) is 0 Å². The summed E-state index contributed by atoms with van der Waals surface area (Å²) in [6.45, 7) is 1.25. The van der Waals surface area contributed by atoms with Crippen molar-refractivity contribution in [1.29, 1.82) is 0 Å². The Balaban J connectivity index is 1.59. The van der Waals surface area contributed by atoms with E-state index in [2.05, 4.69) is 10.2 Å². The summed E-state index contributed by atoms with van der Waals surface area (Å²) in [4.78, 5) is 14.8. The van der Waals surface area contributed by atoms with E-state index < -0.39 is 0 Å². The van der Waals surface area contributed by atoms with Crippen LogP contribution in [0.2, 0.25) is 5.02 Å². The molecule has 0 spiro atoms. The molecule has 1 aliphatic heterocycles. The minimum Gasteiger partial charge on any atom is -0.374 e. The first-order valence-electron chi connectivity index (χ1n) is 7.97. The third kappa shape index (κ3) is 2.64. The van der Waals surface area contributed by atoms with Crippen LogP contribution < -0.4 is 0 Å². The number of carbonyl (C=O) groups is 1. The van der Waals surface area contributed by atoms with Crippen molar-refractivity contribution in [3.05, 3.63) is 41.0 Å². The lowest BCUT2D eigenvalue weighted by atomic mass is 10.1. The third-order valence-corrected chi connectivity index (χ3v) is 5.03. The molecular formula is C17H18ClN3O2. The smallest absolute Gasteiger partial charge is 0.272 e. The predicted octanol–water partition coefficient (Wildman–Crippen LogP) is 3.12. The highest BCUT2D eigenvalue weighted by Crippen LogP contribution is 2.31. The van der Waals surface area contributed by atoms with E-state index in [1.165, 1.54) is 0 Å². The van der Waals surface area contributed by atoms with Gasteiger partial charge in [0.2, 0.25) is 0 Å². The van der Waals surface area contributed by atoms with Gasteiger partial charge in [-0.2, -0.15) is 5.10 Å². The summed E-state index contributed by atoms with van der Waals surface area (Å²) in [5.74, 6) is -0.00370. The zero-order valence-corrected chi connectivity index (χ0v) is 13.4. The van der Waals surface area contributed by atoms with Gasteiger partial charge in [-0.15, -0.1) is 0 Å². The minimum atomic E-state index is -0.00370. The Hall–Kier alpha value is -1.85. The highest BCUT2D eigenvalue weighted by atomic mass is 35.5. The van der Waals surface area contributed by atoms with Crippen LogP contribution in [0.25, 0.3) is 11.3 Å². The Morgan fingerprint density at radius 3 is 3.09 bits per heavy atom. The first kappa shape index (κ1) is 14.7. The third-order valence-electron chi connectivity index (χ3n) is 4.70. The summed E-state index contributed by atoms with van der Waals surface area (Å²) >= 11 is 6.20. The number of carbonyl (C=O) groups excluding carboxylic acids is 1. The van der Waals surface area contributed by atoms with Crippen molar-refractivity contribution in [3.8, 4) is 11.3 Å². The van der Waals surface area contributed by atoms with Gasteiger partial charge in [0.05, 0.1) is 29.5 Å². The summed E-state index contributed by atoms with van der Waals surface area (Å²) in [5, 5.41) is 7.75. The number of amides is 1. The maximum Gasteiger partial charge on any atom is 0.272 e. The molecule has 6 heteroatoms. The van der Waals surface area contributed by atoms with Crippen molar-refractivity contribution in [2.75, 3.05) is 13.2 Å². The zero-order chi connectivity index (χ0) is 15.8. The number of benzene rings is 1. The molecule has 2 atom stereocenters. The van der Waals surface area contributed by atoms with Crippen molar-refractivity contribution in [2.45, 2.75) is 31.4 Å². The average molecular weight is 332 g/mol. The molecule has 2 aliphatic rings. The number of rotatable bonds is 2. The average Bonchev–Trinajstić information content (AvgIpc) is 3.23. The second-order valence-electron chi connectivity index (χ2n) is 6.05. The van der Waals surface area contributed by atoms with Crippen LogP contribution in [0.4, 0.5) is 0 Å². The van der Waals surface area contributed by atoms with Crippen molar-refractivity contribution in [3.63, 3.8) is 0 Å². The molecule has 1 aromatic carbocycles. The molecular weight excluding hydrogens is 314 g/mol. The number of aromatic amines is 1. The quantitative estimate of drug-likeness (QED) is 0.919. The largest absolute Gasteiger partial charge is 0.374 e. The summed E-state index contributed by atoms with van der Waals surface area (Å²) < 4.78 is 5.77. The van der Waals surface area contributed by atoms with Crippen LogP contribution in [0.15, 0.2) is 30.3 Å². The van der Waals surface area contributed by atoms with Crippen LogP contribution in [-0.2, 0) is 4.74 Å². The molecule has 0 bridgehead atoms. The Kier molecular flexibility index (Phi) is 3.83. The van der Waals surface area contributed by atoms with E-state index in [0.717, 1.165) is 24.8 Å². The normalized spacial score (nSPS) is 23.8. The van der Waals surface area contributed by atoms with Gasteiger partial charge in [0.25, 0.3) is 5.91 Å². The molecule has 1 aromatic heterocycles. The molecule has 120 valence electrons. The summed E-state index contributed by atoms with van der Waals surface area (Å²) in [7, 11) is 0. The van der Waals surface area contributed by atoms with Crippen LogP contribution in [0.5, 0.6) is 0 Å². The summed E-state index contributed by atoms with van der Waals surface area (Å²) in [6, 6.07) is 9.47. The fourth-order valence-electron chi connectivity index (χ4n) is 3.57. The zero-order valence-electron chi connectivity index (χ0n) is 12.7. The Bertz CT molecular complexity index is 730. The van der Waals surface area contributed by atoms with E-state index in [1.54, 1.807) is 6.07 Å². The maximum atomic E-state index is 12.8. The van der Waals surface area contributed by atoms with Gasteiger partial charge >= 0.3 is 0 Å². The lowest BCUT2D eigenvalue weighted by Gasteiger charge is -2.37. The van der Waals surface area contributed by atoms with Crippen LogP contribution in [-0.4, -0.2) is 46.3 Å². The standard InChI is InChI=1S/C17H18ClN3O2/c18-12-5-2-1-4-11(12)13-10-14(20-19-13)17(22)21-8-9-23-16-7-3-6-15(16)21/h1-2,4-5,10,15-16H,3,6-9H2,(H,19,20)/t15-,16+/m1/s1. The molecule has 0 radical (unpaired) electrons. The van der Waals surface area contributed by atoms with Gasteiger partial charge in [0.1, 0.15) is 5.69 Å². The molecule has 5 nitrogen and oxygen atoms in total. The number of morpholine rings is 1. The fraction of sp³-hybridized carbons (Fsp3) is 0.412. The Labute approximate surface area is 139 Å². The van der Waals surface area contributed by atoms with Gasteiger partial charge < -0.3 is 9.64 Å². The van der Waals surface area contributed by atoms with Gasteiger partial charge in [-0.3, -0.25) is 9.89 Å². The number of nitrogens with zero attached hydrogens (tertiary/aromatic N) is 2. The molecule has 1 saturated heterocycles. The number of hydrogen-bond donors (Lipinski definition) is 1. The van der Waals surface area contributed by atoms with Gasteiger partial charge in [-0.1, -0.05) is 29.8 Å². The van der Waals surface area contributed by atoms with Gasteiger partial charge in [0.15, 0.2) is 0 Å². The number of aromatic nitrogens is 2. The lowest BCUT2D eigenvalue weighted by molar-refractivity contribution is -0.0447. The monoisotopic (exact) mass is 331 g/mol. The lowest BCUT2D eigenvalue weighted by Crippen LogP contribution is -2.51. The van der Waals surface area contributed by atoms with Crippen LogP contribution >= 0.6 is 11.6 Å². The minimum absolute atomic E-state index is 0.00370. The van der Waals surface area contributed by atoms with E-state index in [0.29, 0.717) is 29.6 Å². The first-order valence-corrected chi connectivity index (χ1v) is 8.35. The van der Waals surface area contributed by atoms with E-state index in [4.69, 9.17) is 16.3 Å². The first-order chi connectivity index (χ1) is 11.2. The van der Waals surface area contributed by atoms with E-state index in [1.807, 2.05) is 29.2 Å². The van der Waals surface area contributed by atoms with E-state index in [-0.39, 0.29) is 18.1 Å². The van der Waals surface area contributed by atoms with Crippen LogP contribution in [0.1, 0.15) is 29.8 Å². The topological polar surface area (TPSA) is 58.2 Å². The van der Waals surface area contributed by atoms with Crippen molar-refractivity contribution >= 4 is 17.5 Å². The Morgan fingerprint density at radius 2 is 2.22 bits per heavy atom. The van der Waals surface area contributed by atoms with E-state index >= 15 is 0 Å². The van der Waals surface area contributed by atoms with Crippen molar-refractivity contribution in [1.82, 2.24) is 15.1 Å². The highest BCUT2D eigenvalue weighted by molar-refractivity contribution is 6.33. The molecule has 4 rings (SSSR count). The van der Waals surface area contributed by atoms with Crippen molar-refractivity contribution in [2.24, 2.45) is 0 Å². The predicted molar refractivity (Wildman–Crippen MR) is 87.4 cm³/mol.